The molecule has 1 atom stereocenters. The number of thiophene rings is 1. The molecule has 0 bridgehead atoms. The number of hydrogen-bond donors (Lipinski definition) is 1. The predicted octanol–water partition coefficient (Wildman–Crippen LogP) is 4.30. The van der Waals surface area contributed by atoms with Gasteiger partial charge >= 0.3 is 0 Å². The van der Waals surface area contributed by atoms with E-state index in [-0.39, 0.29) is 11.1 Å². The van der Waals surface area contributed by atoms with Gasteiger partial charge < -0.3 is 4.98 Å². The average molecular weight is 451 g/mol. The Bertz CT molecular complexity index is 1430. The Morgan fingerprint density at radius 2 is 2.16 bits per heavy atom. The van der Waals surface area contributed by atoms with Gasteiger partial charge in [-0.25, -0.2) is 9.97 Å². The van der Waals surface area contributed by atoms with Crippen molar-refractivity contribution in [3.05, 3.63) is 73.9 Å². The van der Waals surface area contributed by atoms with E-state index >= 15 is 0 Å². The number of allylic oxidation sites excluding steroid dienone is 1. The lowest BCUT2D eigenvalue weighted by atomic mass is 9.89. The first-order valence-electron chi connectivity index (χ1n) is 10.3. The maximum Gasteiger partial charge on any atom is 0.263 e. The fraction of sp³-hybridized carbons (Fsp3) is 0.304. The highest BCUT2D eigenvalue weighted by Gasteiger charge is 2.24. The number of rotatable bonds is 5. The third kappa shape index (κ3) is 3.64. The van der Waals surface area contributed by atoms with Gasteiger partial charge in [-0.1, -0.05) is 36.9 Å². The highest BCUT2D eigenvalue weighted by Crippen LogP contribution is 2.36. The van der Waals surface area contributed by atoms with Crippen molar-refractivity contribution in [3.63, 3.8) is 0 Å². The highest BCUT2D eigenvalue weighted by molar-refractivity contribution is 7.98. The van der Waals surface area contributed by atoms with Crippen LogP contribution in [0, 0.1) is 5.92 Å². The molecule has 0 saturated heterocycles. The Labute approximate surface area is 187 Å². The van der Waals surface area contributed by atoms with E-state index in [4.69, 9.17) is 4.98 Å². The van der Waals surface area contributed by atoms with E-state index in [1.54, 1.807) is 28.0 Å². The molecule has 0 saturated carbocycles. The van der Waals surface area contributed by atoms with Gasteiger partial charge in [0.2, 0.25) is 0 Å². The Hall–Kier alpha value is -2.71. The summed E-state index contributed by atoms with van der Waals surface area (Å²) in [6.07, 6.45) is 4.78. The number of aromatic nitrogens is 4. The molecule has 1 aliphatic rings. The Morgan fingerprint density at radius 3 is 3.00 bits per heavy atom. The third-order valence-corrected chi connectivity index (χ3v) is 7.83. The molecule has 1 aliphatic carbocycles. The summed E-state index contributed by atoms with van der Waals surface area (Å²) in [7, 11) is 0. The zero-order valence-corrected chi connectivity index (χ0v) is 18.8. The van der Waals surface area contributed by atoms with Crippen LogP contribution >= 0.6 is 23.1 Å². The zero-order valence-electron chi connectivity index (χ0n) is 17.2. The summed E-state index contributed by atoms with van der Waals surface area (Å²) in [6.45, 7) is 6.47. The lowest BCUT2D eigenvalue weighted by molar-refractivity contribution is 0.509. The third-order valence-electron chi connectivity index (χ3n) is 5.69. The van der Waals surface area contributed by atoms with Gasteiger partial charge in [0.1, 0.15) is 10.7 Å². The standard InChI is InChI=1S/C23H22N4O2S2/c1-3-10-27-22(29)19-15-9-8-13(2)11-17(15)31-21(19)26-23(27)30-12-18-24-16-7-5-4-6-14(16)20(28)25-18/h3-7,13H,1,8-12H2,2H3,(H,24,25,28). The molecule has 0 spiro atoms. The second kappa shape index (κ2) is 8.09. The number of benzene rings is 1. The van der Waals surface area contributed by atoms with Crippen LogP contribution in [-0.2, 0) is 25.1 Å². The number of H-pyrrole nitrogens is 1. The molecule has 4 aromatic rings. The first kappa shape index (κ1) is 20.2. The minimum Gasteiger partial charge on any atom is -0.309 e. The number of hydrogen-bond acceptors (Lipinski definition) is 6. The zero-order chi connectivity index (χ0) is 21.5. The molecule has 0 aliphatic heterocycles. The molecule has 1 unspecified atom stereocenters. The lowest BCUT2D eigenvalue weighted by Gasteiger charge is -2.17. The topological polar surface area (TPSA) is 80.6 Å². The van der Waals surface area contributed by atoms with Crippen LogP contribution in [0.2, 0.25) is 0 Å². The number of nitrogens with one attached hydrogen (secondary N) is 1. The molecule has 3 aromatic heterocycles. The van der Waals surface area contributed by atoms with Gasteiger partial charge in [0.05, 0.1) is 22.0 Å². The smallest absolute Gasteiger partial charge is 0.263 e. The second-order valence-corrected chi connectivity index (χ2v) is 9.98. The van der Waals surface area contributed by atoms with E-state index in [1.807, 2.05) is 18.2 Å². The van der Waals surface area contributed by atoms with Crippen molar-refractivity contribution < 1.29 is 0 Å². The number of aryl methyl sites for hydroxylation is 1. The van der Waals surface area contributed by atoms with Gasteiger partial charge in [0, 0.05) is 11.4 Å². The maximum absolute atomic E-state index is 13.4. The van der Waals surface area contributed by atoms with Crippen LogP contribution in [0.4, 0.5) is 0 Å². The van der Waals surface area contributed by atoms with E-state index in [0.717, 1.165) is 29.5 Å². The molecule has 6 nitrogen and oxygen atoms in total. The van der Waals surface area contributed by atoms with Gasteiger partial charge in [0.25, 0.3) is 11.1 Å². The first-order chi connectivity index (χ1) is 15.0. The molecule has 0 amide bonds. The van der Waals surface area contributed by atoms with Crippen molar-refractivity contribution in [1.82, 2.24) is 19.5 Å². The van der Waals surface area contributed by atoms with Crippen LogP contribution in [0.25, 0.3) is 21.1 Å². The monoisotopic (exact) mass is 450 g/mol. The second-order valence-electron chi connectivity index (χ2n) is 7.95. The lowest BCUT2D eigenvalue weighted by Crippen LogP contribution is -2.23. The van der Waals surface area contributed by atoms with Crippen LogP contribution in [0.5, 0.6) is 0 Å². The van der Waals surface area contributed by atoms with E-state index in [9.17, 15) is 9.59 Å². The molecular formula is C23H22N4O2S2. The van der Waals surface area contributed by atoms with Crippen LogP contribution in [0.1, 0.15) is 29.6 Å². The summed E-state index contributed by atoms with van der Waals surface area (Å²) in [5, 5.41) is 1.97. The molecule has 0 fully saturated rings. The fourth-order valence-corrected chi connectivity index (χ4v) is 6.44. The number of para-hydroxylation sites is 1. The Kier molecular flexibility index (Phi) is 5.27. The van der Waals surface area contributed by atoms with Gasteiger partial charge in [-0.3, -0.25) is 14.2 Å². The fourth-order valence-electron chi connectivity index (χ4n) is 4.14. The molecule has 1 N–H and O–H groups in total. The van der Waals surface area contributed by atoms with Gasteiger partial charge in [-0.05, 0) is 42.9 Å². The molecule has 158 valence electrons. The summed E-state index contributed by atoms with van der Waals surface area (Å²) < 4.78 is 1.68. The SMILES string of the molecule is C=CCn1c(SCc2nc3ccccc3c(=O)[nH]2)nc2sc3c(c2c1=O)CCC(C)C3. The van der Waals surface area contributed by atoms with Crippen LogP contribution in [0.15, 0.2) is 51.7 Å². The Morgan fingerprint density at radius 1 is 1.32 bits per heavy atom. The number of thioether (sulfide) groups is 1. The quantitative estimate of drug-likeness (QED) is 0.279. The molecule has 3 heterocycles. The van der Waals surface area contributed by atoms with Gasteiger partial charge in [-0.15, -0.1) is 17.9 Å². The van der Waals surface area contributed by atoms with Crippen molar-refractivity contribution in [2.45, 2.75) is 43.6 Å². The van der Waals surface area contributed by atoms with Crippen molar-refractivity contribution >= 4 is 44.2 Å². The highest BCUT2D eigenvalue weighted by atomic mass is 32.2. The molecule has 5 rings (SSSR count). The van der Waals surface area contributed by atoms with Crippen molar-refractivity contribution in [3.8, 4) is 0 Å². The van der Waals surface area contributed by atoms with E-state index in [0.29, 0.717) is 40.1 Å². The van der Waals surface area contributed by atoms with E-state index < -0.39 is 0 Å². The maximum atomic E-state index is 13.4. The van der Waals surface area contributed by atoms with Crippen LogP contribution in [0.3, 0.4) is 0 Å². The average Bonchev–Trinajstić information content (AvgIpc) is 3.12. The van der Waals surface area contributed by atoms with E-state index in [2.05, 4.69) is 23.5 Å². The molecule has 0 radical (unpaired) electrons. The normalized spacial score (nSPS) is 16.0. The van der Waals surface area contributed by atoms with Gasteiger partial charge in [-0.2, -0.15) is 0 Å². The Balaban J connectivity index is 1.55. The first-order valence-corrected chi connectivity index (χ1v) is 12.1. The van der Waals surface area contributed by atoms with Crippen molar-refractivity contribution in [2.24, 2.45) is 5.92 Å². The minimum absolute atomic E-state index is 0.000540. The molecular weight excluding hydrogens is 428 g/mol. The summed E-state index contributed by atoms with van der Waals surface area (Å²) in [5.74, 6) is 1.62. The van der Waals surface area contributed by atoms with Gasteiger partial charge in [0.15, 0.2) is 5.16 Å². The molecule has 1 aromatic carbocycles. The summed E-state index contributed by atoms with van der Waals surface area (Å²) >= 11 is 3.06. The molecule has 8 heteroatoms. The summed E-state index contributed by atoms with van der Waals surface area (Å²) in [6, 6.07) is 7.27. The van der Waals surface area contributed by atoms with E-state index in [1.165, 1.54) is 22.2 Å². The van der Waals surface area contributed by atoms with Crippen molar-refractivity contribution in [2.75, 3.05) is 0 Å². The molecule has 31 heavy (non-hydrogen) atoms. The summed E-state index contributed by atoms with van der Waals surface area (Å²) in [5.41, 5.74) is 1.69. The number of nitrogens with zero attached hydrogens (tertiary/aromatic N) is 3. The minimum atomic E-state index is -0.159. The van der Waals surface area contributed by atoms with Crippen LogP contribution in [-0.4, -0.2) is 19.5 Å². The van der Waals surface area contributed by atoms with Crippen LogP contribution < -0.4 is 11.1 Å². The number of aromatic amines is 1. The predicted molar refractivity (Wildman–Crippen MR) is 127 cm³/mol. The summed E-state index contributed by atoms with van der Waals surface area (Å²) in [4.78, 5) is 40.1. The largest absolute Gasteiger partial charge is 0.309 e. The number of fused-ring (bicyclic) bond motifs is 4. The van der Waals surface area contributed by atoms with Crippen molar-refractivity contribution in [1.29, 1.82) is 0 Å².